The lowest BCUT2D eigenvalue weighted by molar-refractivity contribution is 0.417. The highest BCUT2D eigenvalue weighted by Crippen LogP contribution is 2.18. The van der Waals surface area contributed by atoms with Crippen LogP contribution < -0.4 is 15.8 Å². The molecule has 1 aromatic rings. The molecule has 0 unspecified atom stereocenters. The van der Waals surface area contributed by atoms with Crippen molar-refractivity contribution in [2.45, 2.75) is 32.6 Å². The highest BCUT2D eigenvalue weighted by molar-refractivity contribution is 5.51. The minimum atomic E-state index is 0.681. The summed E-state index contributed by atoms with van der Waals surface area (Å²) in [6, 6.07) is 7.39. The van der Waals surface area contributed by atoms with E-state index in [0.717, 1.165) is 5.75 Å². The Morgan fingerprint density at radius 3 is 2.35 bits per heavy atom. The Balaban J connectivity index is 0.000000304. The predicted molar refractivity (Wildman–Crippen MR) is 75.5 cm³/mol. The molecule has 0 fully saturated rings. The van der Waals surface area contributed by atoms with E-state index in [-0.39, 0.29) is 0 Å². The smallest absolute Gasteiger partial charge is 0.141 e. The Labute approximate surface area is 105 Å². The molecule has 0 saturated carbocycles. The van der Waals surface area contributed by atoms with Crippen molar-refractivity contribution in [1.82, 2.24) is 5.32 Å². The van der Waals surface area contributed by atoms with Crippen molar-refractivity contribution in [3.63, 3.8) is 0 Å². The van der Waals surface area contributed by atoms with Gasteiger partial charge in [-0.3, -0.25) is 0 Å². The number of hydrogen-bond donors (Lipinski definition) is 2. The summed E-state index contributed by atoms with van der Waals surface area (Å²) in [7, 11) is 3.61. The molecular weight excluding hydrogens is 212 g/mol. The molecule has 17 heavy (non-hydrogen) atoms. The van der Waals surface area contributed by atoms with Crippen LogP contribution in [-0.2, 0) is 0 Å². The van der Waals surface area contributed by atoms with E-state index < -0.39 is 0 Å². The number of unbranched alkanes of at least 4 members (excludes halogenated alkanes) is 3. The molecular formula is C14H26N2O. The van der Waals surface area contributed by atoms with Gasteiger partial charge in [-0.25, -0.2) is 0 Å². The number of hydrogen-bond acceptors (Lipinski definition) is 3. The topological polar surface area (TPSA) is 47.3 Å². The molecule has 1 rings (SSSR count). The summed E-state index contributed by atoms with van der Waals surface area (Å²) in [5.74, 6) is 0.734. The van der Waals surface area contributed by atoms with Crippen LogP contribution in [0.15, 0.2) is 24.3 Å². The maximum absolute atomic E-state index is 5.51. The van der Waals surface area contributed by atoms with Gasteiger partial charge in [-0.15, -0.1) is 0 Å². The first-order valence-electron chi connectivity index (χ1n) is 6.29. The fraction of sp³-hybridized carbons (Fsp3) is 0.571. The standard InChI is InChI=1S/C7H9NO.C7H17N/c1-9-7-5-3-2-4-6(7)8;1-3-4-5-6-7-8-2/h2-5H,8H2,1H3;8H,3-7H2,1-2H3. The first-order valence-corrected chi connectivity index (χ1v) is 6.29. The molecule has 0 amide bonds. The van der Waals surface area contributed by atoms with Crippen LogP contribution in [0.2, 0.25) is 0 Å². The van der Waals surface area contributed by atoms with Crippen molar-refractivity contribution in [3.05, 3.63) is 24.3 Å². The molecule has 0 saturated heterocycles. The van der Waals surface area contributed by atoms with Crippen LogP contribution in [0.3, 0.4) is 0 Å². The number of nitrogens with two attached hydrogens (primary N) is 1. The normalized spacial score (nSPS) is 9.35. The van der Waals surface area contributed by atoms with Crippen LogP contribution in [0.4, 0.5) is 5.69 Å². The average molecular weight is 238 g/mol. The minimum absolute atomic E-state index is 0.681. The lowest BCUT2D eigenvalue weighted by Gasteiger charge is -2.00. The number of nitrogens with one attached hydrogen (secondary N) is 1. The van der Waals surface area contributed by atoms with E-state index in [0.29, 0.717) is 5.69 Å². The molecule has 0 atom stereocenters. The zero-order valence-corrected chi connectivity index (χ0v) is 11.3. The zero-order chi connectivity index (χ0) is 12.9. The zero-order valence-electron chi connectivity index (χ0n) is 11.3. The number of anilines is 1. The van der Waals surface area contributed by atoms with Crippen LogP contribution in [-0.4, -0.2) is 20.7 Å². The Bertz CT molecular complexity index is 271. The van der Waals surface area contributed by atoms with Crippen LogP contribution >= 0.6 is 0 Å². The summed E-state index contributed by atoms with van der Waals surface area (Å²) in [6.07, 6.45) is 5.45. The van der Waals surface area contributed by atoms with Crippen LogP contribution in [0.5, 0.6) is 5.75 Å². The molecule has 3 N–H and O–H groups in total. The van der Waals surface area contributed by atoms with Gasteiger partial charge in [-0.2, -0.15) is 0 Å². The predicted octanol–water partition coefficient (Wildman–Crippen LogP) is 3.06. The third-order valence-corrected chi connectivity index (χ3v) is 2.42. The van der Waals surface area contributed by atoms with Crippen LogP contribution in [0, 0.1) is 0 Å². The Morgan fingerprint density at radius 2 is 1.88 bits per heavy atom. The molecule has 0 spiro atoms. The molecule has 0 heterocycles. The second-order valence-corrected chi connectivity index (χ2v) is 3.91. The van der Waals surface area contributed by atoms with E-state index >= 15 is 0 Å². The van der Waals surface area contributed by atoms with Gasteiger partial charge in [0.1, 0.15) is 5.75 Å². The molecule has 0 aliphatic carbocycles. The summed E-state index contributed by atoms with van der Waals surface area (Å²) in [5, 5.41) is 3.13. The summed E-state index contributed by atoms with van der Waals surface area (Å²) in [5.41, 5.74) is 6.19. The van der Waals surface area contributed by atoms with E-state index in [4.69, 9.17) is 10.5 Å². The van der Waals surface area contributed by atoms with Crippen molar-refractivity contribution < 1.29 is 4.74 Å². The summed E-state index contributed by atoms with van der Waals surface area (Å²) in [4.78, 5) is 0. The van der Waals surface area contributed by atoms with Crippen LogP contribution in [0.25, 0.3) is 0 Å². The quantitative estimate of drug-likeness (QED) is 0.591. The van der Waals surface area contributed by atoms with Gasteiger partial charge in [0.25, 0.3) is 0 Å². The van der Waals surface area contributed by atoms with Gasteiger partial charge >= 0.3 is 0 Å². The highest BCUT2D eigenvalue weighted by Gasteiger charge is 1.91. The number of rotatable bonds is 6. The van der Waals surface area contributed by atoms with Crippen LogP contribution in [0.1, 0.15) is 32.6 Å². The number of para-hydroxylation sites is 2. The van der Waals surface area contributed by atoms with Gasteiger partial charge in [0.2, 0.25) is 0 Å². The van der Waals surface area contributed by atoms with E-state index in [1.54, 1.807) is 13.2 Å². The van der Waals surface area contributed by atoms with Gasteiger partial charge in [0.15, 0.2) is 0 Å². The van der Waals surface area contributed by atoms with Crippen molar-refractivity contribution in [2.75, 3.05) is 26.4 Å². The monoisotopic (exact) mass is 238 g/mol. The summed E-state index contributed by atoms with van der Waals surface area (Å²) in [6.45, 7) is 3.42. The van der Waals surface area contributed by atoms with Gasteiger partial charge < -0.3 is 15.8 Å². The number of benzene rings is 1. The molecule has 3 nitrogen and oxygen atoms in total. The molecule has 0 aliphatic rings. The highest BCUT2D eigenvalue weighted by atomic mass is 16.5. The third kappa shape index (κ3) is 8.57. The summed E-state index contributed by atoms with van der Waals surface area (Å²) < 4.78 is 4.92. The number of nitrogen functional groups attached to an aromatic ring is 1. The SMILES string of the molecule is CCCCCCNC.COc1ccccc1N. The number of methoxy groups -OCH3 is 1. The van der Waals surface area contributed by atoms with Crippen molar-refractivity contribution in [1.29, 1.82) is 0 Å². The van der Waals surface area contributed by atoms with Crippen molar-refractivity contribution in [2.24, 2.45) is 0 Å². The minimum Gasteiger partial charge on any atom is -0.495 e. The van der Waals surface area contributed by atoms with E-state index in [2.05, 4.69) is 12.2 Å². The first kappa shape index (κ1) is 15.8. The molecule has 0 radical (unpaired) electrons. The van der Waals surface area contributed by atoms with E-state index in [1.807, 2.05) is 25.2 Å². The molecule has 98 valence electrons. The maximum Gasteiger partial charge on any atom is 0.141 e. The Kier molecular flexibility index (Phi) is 10.5. The van der Waals surface area contributed by atoms with E-state index in [9.17, 15) is 0 Å². The molecule has 0 bridgehead atoms. The third-order valence-electron chi connectivity index (χ3n) is 2.42. The first-order chi connectivity index (χ1) is 8.26. The van der Waals surface area contributed by atoms with Gasteiger partial charge in [0.05, 0.1) is 12.8 Å². The molecule has 3 heteroatoms. The lowest BCUT2D eigenvalue weighted by atomic mass is 10.2. The van der Waals surface area contributed by atoms with Gasteiger partial charge in [-0.1, -0.05) is 38.3 Å². The fourth-order valence-corrected chi connectivity index (χ4v) is 1.39. The van der Waals surface area contributed by atoms with E-state index in [1.165, 1.54) is 32.2 Å². The Morgan fingerprint density at radius 1 is 1.18 bits per heavy atom. The molecule has 0 aliphatic heterocycles. The maximum atomic E-state index is 5.51. The van der Waals surface area contributed by atoms with Crippen molar-refractivity contribution >= 4 is 5.69 Å². The largest absolute Gasteiger partial charge is 0.495 e. The molecule has 1 aromatic carbocycles. The Hall–Kier alpha value is -1.22. The van der Waals surface area contributed by atoms with Gasteiger partial charge in [-0.05, 0) is 32.1 Å². The fourth-order valence-electron chi connectivity index (χ4n) is 1.39. The second kappa shape index (κ2) is 11.3. The average Bonchev–Trinajstić information content (AvgIpc) is 2.36. The lowest BCUT2D eigenvalue weighted by Crippen LogP contribution is -2.06. The van der Waals surface area contributed by atoms with Gasteiger partial charge in [0, 0.05) is 0 Å². The summed E-state index contributed by atoms with van der Waals surface area (Å²) >= 11 is 0. The van der Waals surface area contributed by atoms with Crippen molar-refractivity contribution in [3.8, 4) is 5.75 Å². The molecule has 0 aromatic heterocycles. The number of ether oxygens (including phenoxy) is 1. The second-order valence-electron chi connectivity index (χ2n) is 3.91.